The van der Waals surface area contributed by atoms with Crippen molar-refractivity contribution in [2.75, 3.05) is 6.61 Å². The van der Waals surface area contributed by atoms with E-state index in [1.54, 1.807) is 19.4 Å². The Labute approximate surface area is 89.0 Å². The number of hydrogen-bond acceptors (Lipinski definition) is 4. The van der Waals surface area contributed by atoms with Crippen LogP contribution >= 0.6 is 0 Å². The smallest absolute Gasteiger partial charge is 0.326 e. The minimum Gasteiger partial charge on any atom is -0.465 e. The number of nitrogens with one attached hydrogen (secondary N) is 1. The fourth-order valence-corrected chi connectivity index (χ4v) is 1.34. The molecule has 0 aliphatic carbocycles. The van der Waals surface area contributed by atoms with Crippen molar-refractivity contribution >= 4 is 5.97 Å². The lowest BCUT2D eigenvalue weighted by atomic mass is 9.92. The van der Waals surface area contributed by atoms with Crippen LogP contribution in [0.15, 0.2) is 12.5 Å². The lowest BCUT2D eigenvalue weighted by Gasteiger charge is -2.24. The van der Waals surface area contributed by atoms with Crippen LogP contribution in [0.4, 0.5) is 0 Å². The number of nitrogens with zero attached hydrogens (tertiary/aromatic N) is 1. The molecular weight excluding hydrogens is 194 g/mol. The molecule has 0 unspecified atom stereocenters. The molecule has 0 saturated carbocycles. The summed E-state index contributed by atoms with van der Waals surface area (Å²) in [5.41, 5.74) is 5.88. The van der Waals surface area contributed by atoms with E-state index in [0.717, 1.165) is 5.69 Å². The van der Waals surface area contributed by atoms with E-state index in [9.17, 15) is 4.79 Å². The number of hydrogen-bond donors (Lipinski definition) is 2. The highest BCUT2D eigenvalue weighted by molar-refractivity contribution is 5.80. The van der Waals surface area contributed by atoms with Crippen molar-refractivity contribution in [1.29, 1.82) is 0 Å². The van der Waals surface area contributed by atoms with Crippen LogP contribution in [0.5, 0.6) is 0 Å². The molecule has 0 amide bonds. The van der Waals surface area contributed by atoms with Gasteiger partial charge in [0.2, 0.25) is 0 Å². The lowest BCUT2D eigenvalue weighted by molar-refractivity contribution is -0.149. The SMILES string of the molecule is CCOC(=O)[C@](N)(CC)Cc1cnc[nH]1. The Kier molecular flexibility index (Phi) is 3.85. The summed E-state index contributed by atoms with van der Waals surface area (Å²) in [4.78, 5) is 18.4. The molecule has 1 atom stereocenters. The Morgan fingerprint density at radius 2 is 2.40 bits per heavy atom. The first kappa shape index (κ1) is 11.7. The fraction of sp³-hybridized carbons (Fsp3) is 0.600. The zero-order valence-corrected chi connectivity index (χ0v) is 9.12. The quantitative estimate of drug-likeness (QED) is 0.700. The minimum atomic E-state index is -0.956. The highest BCUT2D eigenvalue weighted by atomic mass is 16.5. The molecule has 0 spiro atoms. The van der Waals surface area contributed by atoms with Crippen molar-refractivity contribution in [3.8, 4) is 0 Å². The van der Waals surface area contributed by atoms with Gasteiger partial charge in [-0.05, 0) is 13.3 Å². The normalized spacial score (nSPS) is 14.6. The van der Waals surface area contributed by atoms with Crippen LogP contribution in [0.3, 0.4) is 0 Å². The van der Waals surface area contributed by atoms with Gasteiger partial charge in [-0.1, -0.05) is 6.92 Å². The first-order chi connectivity index (χ1) is 7.12. The number of aromatic nitrogens is 2. The molecule has 0 aromatic carbocycles. The monoisotopic (exact) mass is 211 g/mol. The average molecular weight is 211 g/mol. The minimum absolute atomic E-state index is 0.348. The van der Waals surface area contributed by atoms with E-state index in [2.05, 4.69) is 9.97 Å². The summed E-state index contributed by atoms with van der Waals surface area (Å²) in [5, 5.41) is 0. The van der Waals surface area contributed by atoms with Crippen LogP contribution in [0.2, 0.25) is 0 Å². The second kappa shape index (κ2) is 4.93. The number of rotatable bonds is 5. The van der Waals surface area contributed by atoms with E-state index in [1.807, 2.05) is 6.92 Å². The largest absolute Gasteiger partial charge is 0.465 e. The Balaban J connectivity index is 2.72. The van der Waals surface area contributed by atoms with Gasteiger partial charge in [0.05, 0.1) is 12.9 Å². The van der Waals surface area contributed by atoms with Crippen LogP contribution < -0.4 is 5.73 Å². The summed E-state index contributed by atoms with van der Waals surface area (Å²) < 4.78 is 4.95. The summed E-state index contributed by atoms with van der Waals surface area (Å²) in [6, 6.07) is 0. The Morgan fingerprint density at radius 3 is 2.87 bits per heavy atom. The molecule has 15 heavy (non-hydrogen) atoms. The third kappa shape index (κ3) is 2.79. The highest BCUT2D eigenvalue weighted by Gasteiger charge is 2.34. The topological polar surface area (TPSA) is 81.0 Å². The molecule has 3 N–H and O–H groups in total. The van der Waals surface area contributed by atoms with Crippen molar-refractivity contribution < 1.29 is 9.53 Å². The van der Waals surface area contributed by atoms with Gasteiger partial charge in [0.1, 0.15) is 5.54 Å². The third-order valence-electron chi connectivity index (χ3n) is 2.37. The maximum Gasteiger partial charge on any atom is 0.326 e. The lowest BCUT2D eigenvalue weighted by Crippen LogP contribution is -2.50. The number of H-pyrrole nitrogens is 1. The number of ether oxygens (including phenoxy) is 1. The number of carbonyl (C=O) groups is 1. The molecule has 0 aliphatic rings. The van der Waals surface area contributed by atoms with Crippen LogP contribution in [0, 0.1) is 0 Å². The van der Waals surface area contributed by atoms with Gasteiger partial charge in [-0.25, -0.2) is 4.98 Å². The molecular formula is C10H17N3O2. The maximum atomic E-state index is 11.6. The summed E-state index contributed by atoms with van der Waals surface area (Å²) in [6.07, 6.45) is 4.18. The molecule has 1 aromatic heterocycles. The molecule has 1 rings (SSSR count). The van der Waals surface area contributed by atoms with Crippen molar-refractivity contribution in [2.24, 2.45) is 5.73 Å². The van der Waals surface area contributed by atoms with Crippen molar-refractivity contribution in [3.05, 3.63) is 18.2 Å². The maximum absolute atomic E-state index is 11.6. The van der Waals surface area contributed by atoms with Crippen molar-refractivity contribution in [3.63, 3.8) is 0 Å². The average Bonchev–Trinajstić information content (AvgIpc) is 2.70. The van der Waals surface area contributed by atoms with E-state index in [0.29, 0.717) is 19.4 Å². The van der Waals surface area contributed by atoms with Crippen LogP contribution in [0.1, 0.15) is 26.0 Å². The Bertz CT molecular complexity index is 310. The van der Waals surface area contributed by atoms with Gasteiger partial charge >= 0.3 is 5.97 Å². The van der Waals surface area contributed by atoms with Crippen molar-refractivity contribution in [1.82, 2.24) is 9.97 Å². The van der Waals surface area contributed by atoms with Gasteiger partial charge in [0, 0.05) is 18.3 Å². The molecule has 0 bridgehead atoms. The molecule has 5 nitrogen and oxygen atoms in total. The number of nitrogens with two attached hydrogens (primary N) is 1. The van der Waals surface area contributed by atoms with Crippen molar-refractivity contribution in [2.45, 2.75) is 32.2 Å². The predicted molar refractivity (Wildman–Crippen MR) is 56.1 cm³/mol. The fourth-order valence-electron chi connectivity index (χ4n) is 1.34. The number of esters is 1. The van der Waals surface area contributed by atoms with E-state index in [4.69, 9.17) is 10.5 Å². The zero-order chi connectivity index (χ0) is 11.3. The van der Waals surface area contributed by atoms with E-state index >= 15 is 0 Å². The first-order valence-corrected chi connectivity index (χ1v) is 5.05. The second-order valence-electron chi connectivity index (χ2n) is 3.48. The van der Waals surface area contributed by atoms with E-state index < -0.39 is 5.54 Å². The molecule has 5 heteroatoms. The molecule has 0 fully saturated rings. The molecule has 1 aromatic rings. The highest BCUT2D eigenvalue weighted by Crippen LogP contribution is 2.14. The van der Waals surface area contributed by atoms with E-state index in [-0.39, 0.29) is 5.97 Å². The second-order valence-corrected chi connectivity index (χ2v) is 3.48. The summed E-state index contributed by atoms with van der Waals surface area (Å²) >= 11 is 0. The van der Waals surface area contributed by atoms with Gasteiger partial charge in [-0.2, -0.15) is 0 Å². The molecule has 0 saturated heterocycles. The summed E-state index contributed by atoms with van der Waals surface area (Å²) in [6.45, 7) is 3.98. The Morgan fingerprint density at radius 1 is 1.67 bits per heavy atom. The van der Waals surface area contributed by atoms with Gasteiger partial charge in [-0.3, -0.25) is 4.79 Å². The van der Waals surface area contributed by atoms with Crippen LogP contribution in [-0.2, 0) is 16.0 Å². The van der Waals surface area contributed by atoms with Gasteiger partial charge in [0.25, 0.3) is 0 Å². The zero-order valence-electron chi connectivity index (χ0n) is 9.12. The number of imidazole rings is 1. The summed E-state index contributed by atoms with van der Waals surface area (Å²) in [7, 11) is 0. The van der Waals surface area contributed by atoms with Crippen LogP contribution in [-0.4, -0.2) is 28.1 Å². The Hall–Kier alpha value is -1.36. The molecule has 84 valence electrons. The molecule has 1 heterocycles. The first-order valence-electron chi connectivity index (χ1n) is 5.05. The van der Waals surface area contributed by atoms with Gasteiger partial charge in [0.15, 0.2) is 0 Å². The van der Waals surface area contributed by atoms with Gasteiger partial charge < -0.3 is 15.5 Å². The van der Waals surface area contributed by atoms with Gasteiger partial charge in [-0.15, -0.1) is 0 Å². The third-order valence-corrected chi connectivity index (χ3v) is 2.37. The number of aromatic amines is 1. The molecule has 0 radical (unpaired) electrons. The summed E-state index contributed by atoms with van der Waals surface area (Å²) in [5.74, 6) is -0.359. The predicted octanol–water partition coefficient (Wildman–Crippen LogP) is 0.623. The number of carbonyl (C=O) groups excluding carboxylic acids is 1. The van der Waals surface area contributed by atoms with E-state index in [1.165, 1.54) is 0 Å². The molecule has 0 aliphatic heterocycles. The van der Waals surface area contributed by atoms with Crippen LogP contribution in [0.25, 0.3) is 0 Å². The standard InChI is InChI=1S/C10H17N3O2/c1-3-10(11,9(14)15-4-2)5-8-6-12-7-13-8/h6-7H,3-5,11H2,1-2H3,(H,12,13)/t10-/m0/s1.